The number of halogens is 2. The van der Waals surface area contributed by atoms with Crippen molar-refractivity contribution < 1.29 is 18.7 Å². The normalized spacial score (nSPS) is 15.7. The number of aromatic nitrogens is 2. The van der Waals surface area contributed by atoms with E-state index in [1.807, 2.05) is 0 Å². The van der Waals surface area contributed by atoms with Crippen LogP contribution in [0.1, 0.15) is 33.7 Å². The third kappa shape index (κ3) is 5.18. The Kier molecular flexibility index (Phi) is 6.43. The number of anilines is 1. The van der Waals surface area contributed by atoms with E-state index in [-0.39, 0.29) is 29.4 Å². The standard InChI is InChI=1S/C21H18ClFN4O3S/c22-13-3-9-16(10-4-13)30-12-18(28)27-11-1-2-17(27)20-25-26-21(31-20)19(29)24-15-7-5-14(23)6-8-15/h3-10,17H,1-2,11-12H2,(H,24,29)/t17-/m0/s1. The number of rotatable bonds is 6. The van der Waals surface area contributed by atoms with E-state index < -0.39 is 5.91 Å². The Hall–Kier alpha value is -3.04. The monoisotopic (exact) mass is 460 g/mol. The summed E-state index contributed by atoms with van der Waals surface area (Å²) in [7, 11) is 0. The molecule has 0 saturated carbocycles. The molecule has 0 spiro atoms. The highest BCUT2D eigenvalue weighted by molar-refractivity contribution is 7.13. The van der Waals surface area contributed by atoms with Crippen molar-refractivity contribution in [2.24, 2.45) is 0 Å². The van der Waals surface area contributed by atoms with Gasteiger partial charge >= 0.3 is 0 Å². The summed E-state index contributed by atoms with van der Waals surface area (Å²) in [6, 6.07) is 12.0. The molecule has 1 fully saturated rings. The summed E-state index contributed by atoms with van der Waals surface area (Å²) in [5, 5.41) is 12.1. The first-order chi connectivity index (χ1) is 15.0. The van der Waals surface area contributed by atoms with Crippen LogP contribution in [0.4, 0.5) is 10.1 Å². The Morgan fingerprint density at radius 1 is 1.16 bits per heavy atom. The molecule has 160 valence electrons. The molecular formula is C21H18ClFN4O3S. The molecular weight excluding hydrogens is 443 g/mol. The summed E-state index contributed by atoms with van der Waals surface area (Å²) in [5.74, 6) is -0.423. The maximum Gasteiger partial charge on any atom is 0.286 e. The Labute approximate surface area is 186 Å². The van der Waals surface area contributed by atoms with Crippen molar-refractivity contribution in [2.75, 3.05) is 18.5 Å². The Morgan fingerprint density at radius 3 is 2.65 bits per heavy atom. The second-order valence-corrected chi connectivity index (χ2v) is 8.34. The zero-order valence-electron chi connectivity index (χ0n) is 16.3. The van der Waals surface area contributed by atoms with E-state index in [4.69, 9.17) is 16.3 Å². The number of hydrogen-bond donors (Lipinski definition) is 1. The SMILES string of the molecule is O=C(Nc1ccc(F)cc1)c1nnc([C@@H]2CCCN2C(=O)COc2ccc(Cl)cc2)s1. The highest BCUT2D eigenvalue weighted by Crippen LogP contribution is 2.34. The van der Waals surface area contributed by atoms with E-state index in [1.54, 1.807) is 29.2 Å². The second-order valence-electron chi connectivity index (χ2n) is 6.89. The summed E-state index contributed by atoms with van der Waals surface area (Å²) in [5.41, 5.74) is 0.458. The fourth-order valence-electron chi connectivity index (χ4n) is 3.26. The van der Waals surface area contributed by atoms with Crippen molar-refractivity contribution in [3.63, 3.8) is 0 Å². The van der Waals surface area contributed by atoms with Gasteiger partial charge < -0.3 is 15.0 Å². The predicted molar refractivity (Wildman–Crippen MR) is 115 cm³/mol. The smallest absolute Gasteiger partial charge is 0.286 e. The Bertz CT molecular complexity index is 1070. The molecule has 1 N–H and O–H groups in total. The molecule has 3 aromatic rings. The van der Waals surface area contributed by atoms with Crippen LogP contribution in [0, 0.1) is 5.82 Å². The number of nitrogens with zero attached hydrogens (tertiary/aromatic N) is 3. The Morgan fingerprint density at radius 2 is 1.90 bits per heavy atom. The lowest BCUT2D eigenvalue weighted by Gasteiger charge is -2.22. The van der Waals surface area contributed by atoms with Crippen LogP contribution in [0.2, 0.25) is 5.02 Å². The predicted octanol–water partition coefficient (Wildman–Crippen LogP) is 4.33. The number of nitrogens with one attached hydrogen (secondary N) is 1. The number of carbonyl (C=O) groups excluding carboxylic acids is 2. The molecule has 4 rings (SSSR count). The molecule has 10 heteroatoms. The second kappa shape index (κ2) is 9.40. The van der Waals surface area contributed by atoms with E-state index in [2.05, 4.69) is 15.5 Å². The van der Waals surface area contributed by atoms with Crippen molar-refractivity contribution in [1.82, 2.24) is 15.1 Å². The molecule has 1 aromatic heterocycles. The molecule has 0 aliphatic carbocycles. The summed E-state index contributed by atoms with van der Waals surface area (Å²) < 4.78 is 18.6. The molecule has 0 radical (unpaired) electrons. The first kappa shape index (κ1) is 21.2. The zero-order chi connectivity index (χ0) is 21.8. The highest BCUT2D eigenvalue weighted by atomic mass is 35.5. The molecule has 7 nitrogen and oxygen atoms in total. The van der Waals surface area contributed by atoms with Crippen molar-refractivity contribution in [1.29, 1.82) is 0 Å². The average molecular weight is 461 g/mol. The molecule has 0 unspecified atom stereocenters. The molecule has 1 aliphatic heterocycles. The number of likely N-dealkylation sites (tertiary alicyclic amines) is 1. The lowest BCUT2D eigenvalue weighted by molar-refractivity contribution is -0.134. The minimum Gasteiger partial charge on any atom is -0.484 e. The van der Waals surface area contributed by atoms with E-state index in [0.717, 1.165) is 24.2 Å². The van der Waals surface area contributed by atoms with Gasteiger partial charge in [0, 0.05) is 17.3 Å². The van der Waals surface area contributed by atoms with E-state index >= 15 is 0 Å². The van der Waals surface area contributed by atoms with E-state index in [9.17, 15) is 14.0 Å². The van der Waals surface area contributed by atoms with Gasteiger partial charge in [0.15, 0.2) is 6.61 Å². The molecule has 1 atom stereocenters. The molecule has 2 aromatic carbocycles. The third-order valence-electron chi connectivity index (χ3n) is 4.77. The van der Waals surface area contributed by atoms with Crippen molar-refractivity contribution in [3.05, 3.63) is 69.4 Å². The van der Waals surface area contributed by atoms with Gasteiger partial charge in [-0.1, -0.05) is 22.9 Å². The van der Waals surface area contributed by atoms with Gasteiger partial charge in [-0.05, 0) is 61.4 Å². The fraction of sp³-hybridized carbons (Fsp3) is 0.238. The largest absolute Gasteiger partial charge is 0.484 e. The van der Waals surface area contributed by atoms with Crippen molar-refractivity contribution >= 4 is 40.4 Å². The number of hydrogen-bond acceptors (Lipinski definition) is 6. The van der Waals surface area contributed by atoms with Crippen molar-refractivity contribution in [2.45, 2.75) is 18.9 Å². The van der Waals surface area contributed by atoms with Crippen LogP contribution in [-0.2, 0) is 4.79 Å². The minimum absolute atomic E-state index is 0.102. The first-order valence-electron chi connectivity index (χ1n) is 9.58. The quantitative estimate of drug-likeness (QED) is 0.592. The third-order valence-corrected chi connectivity index (χ3v) is 6.05. The maximum atomic E-state index is 13.0. The van der Waals surface area contributed by atoms with Crippen LogP contribution in [0.5, 0.6) is 5.75 Å². The summed E-state index contributed by atoms with van der Waals surface area (Å²) >= 11 is 6.99. The van der Waals surface area contributed by atoms with Gasteiger partial charge in [0.05, 0.1) is 6.04 Å². The summed E-state index contributed by atoms with van der Waals surface area (Å²) in [4.78, 5) is 26.8. The topological polar surface area (TPSA) is 84.4 Å². The number of amides is 2. The van der Waals surface area contributed by atoms with E-state index in [1.165, 1.54) is 24.3 Å². The molecule has 1 saturated heterocycles. The molecule has 1 aliphatic rings. The maximum absolute atomic E-state index is 13.0. The van der Waals surface area contributed by atoms with Crippen LogP contribution in [0.3, 0.4) is 0 Å². The van der Waals surface area contributed by atoms with Crippen LogP contribution in [0.15, 0.2) is 48.5 Å². The van der Waals surface area contributed by atoms with Crippen LogP contribution < -0.4 is 10.1 Å². The van der Waals surface area contributed by atoms with Gasteiger partial charge in [-0.3, -0.25) is 9.59 Å². The zero-order valence-corrected chi connectivity index (χ0v) is 17.8. The van der Waals surface area contributed by atoms with Gasteiger partial charge in [-0.25, -0.2) is 4.39 Å². The fourth-order valence-corrected chi connectivity index (χ4v) is 4.27. The van der Waals surface area contributed by atoms with Gasteiger partial charge in [0.25, 0.3) is 11.8 Å². The first-order valence-corrected chi connectivity index (χ1v) is 10.8. The number of carbonyl (C=O) groups is 2. The Balaban J connectivity index is 1.38. The minimum atomic E-state index is -0.433. The molecule has 0 bridgehead atoms. The van der Waals surface area contributed by atoms with Gasteiger partial charge in [-0.2, -0.15) is 0 Å². The van der Waals surface area contributed by atoms with Crippen LogP contribution in [-0.4, -0.2) is 40.1 Å². The summed E-state index contributed by atoms with van der Waals surface area (Å²) in [6.45, 7) is 0.485. The van der Waals surface area contributed by atoms with Crippen molar-refractivity contribution in [3.8, 4) is 5.75 Å². The average Bonchev–Trinajstić information content (AvgIpc) is 3.44. The van der Waals surface area contributed by atoms with Crippen LogP contribution >= 0.6 is 22.9 Å². The lowest BCUT2D eigenvalue weighted by Crippen LogP contribution is -2.34. The van der Waals surface area contributed by atoms with E-state index in [0.29, 0.717) is 28.0 Å². The molecule has 2 amide bonds. The molecule has 31 heavy (non-hydrogen) atoms. The van der Waals surface area contributed by atoms with Gasteiger partial charge in [0.2, 0.25) is 5.01 Å². The highest BCUT2D eigenvalue weighted by Gasteiger charge is 2.33. The van der Waals surface area contributed by atoms with Crippen LogP contribution in [0.25, 0.3) is 0 Å². The number of benzene rings is 2. The summed E-state index contributed by atoms with van der Waals surface area (Å²) in [6.07, 6.45) is 1.56. The lowest BCUT2D eigenvalue weighted by atomic mass is 10.2. The number of ether oxygens (including phenoxy) is 1. The van der Waals surface area contributed by atoms with Gasteiger partial charge in [0.1, 0.15) is 16.6 Å². The van der Waals surface area contributed by atoms with Gasteiger partial charge in [-0.15, -0.1) is 10.2 Å². The molecule has 2 heterocycles.